The molecule has 3 N–H and O–H groups in total. The summed E-state index contributed by atoms with van der Waals surface area (Å²) in [7, 11) is 0. The highest BCUT2D eigenvalue weighted by Crippen LogP contribution is 2.27. The number of rotatable bonds is 4. The molecule has 1 aliphatic rings. The zero-order valence-corrected chi connectivity index (χ0v) is 12.0. The first-order valence-electron chi connectivity index (χ1n) is 7.46. The molecule has 0 radical (unpaired) electrons. The maximum atomic E-state index is 13.1. The van der Waals surface area contributed by atoms with E-state index < -0.39 is 5.82 Å². The summed E-state index contributed by atoms with van der Waals surface area (Å²) in [5.74, 6) is 0.173. The normalized spacial score (nSPS) is 22.5. The maximum absolute atomic E-state index is 13.1. The van der Waals surface area contributed by atoms with Gasteiger partial charge >= 0.3 is 0 Å². The number of nitrogen functional groups attached to an aromatic ring is 1. The summed E-state index contributed by atoms with van der Waals surface area (Å²) < 4.78 is 13.1. The van der Waals surface area contributed by atoms with Gasteiger partial charge in [-0.1, -0.05) is 19.8 Å². The van der Waals surface area contributed by atoms with Crippen LogP contribution in [0.4, 0.5) is 10.1 Å². The zero-order valence-electron chi connectivity index (χ0n) is 12.0. The number of carbonyl (C=O) groups is 1. The van der Waals surface area contributed by atoms with Crippen LogP contribution in [0.5, 0.6) is 0 Å². The van der Waals surface area contributed by atoms with Crippen LogP contribution in [0.2, 0.25) is 0 Å². The molecule has 0 atom stereocenters. The van der Waals surface area contributed by atoms with Gasteiger partial charge in [-0.05, 0) is 49.8 Å². The first-order chi connectivity index (χ1) is 9.60. The lowest BCUT2D eigenvalue weighted by Crippen LogP contribution is -2.37. The molecule has 4 heteroatoms. The third kappa shape index (κ3) is 3.71. The van der Waals surface area contributed by atoms with Crippen molar-refractivity contribution in [2.24, 2.45) is 5.92 Å². The van der Waals surface area contributed by atoms with Crippen LogP contribution in [0.15, 0.2) is 18.2 Å². The molecule has 2 rings (SSSR count). The third-order valence-electron chi connectivity index (χ3n) is 4.14. The Balaban J connectivity index is 1.87. The number of benzene rings is 1. The molecule has 3 nitrogen and oxygen atoms in total. The van der Waals surface area contributed by atoms with Crippen LogP contribution in [0, 0.1) is 11.7 Å². The van der Waals surface area contributed by atoms with Gasteiger partial charge < -0.3 is 11.1 Å². The summed E-state index contributed by atoms with van der Waals surface area (Å²) in [5, 5.41) is 3.03. The van der Waals surface area contributed by atoms with E-state index >= 15 is 0 Å². The van der Waals surface area contributed by atoms with Gasteiger partial charge in [0.2, 0.25) is 0 Å². The second-order valence-electron chi connectivity index (χ2n) is 5.72. The van der Waals surface area contributed by atoms with Crippen LogP contribution >= 0.6 is 0 Å². The van der Waals surface area contributed by atoms with Crippen LogP contribution < -0.4 is 11.1 Å². The summed E-state index contributed by atoms with van der Waals surface area (Å²) in [4.78, 5) is 12.1. The largest absolute Gasteiger partial charge is 0.396 e. The minimum Gasteiger partial charge on any atom is -0.396 e. The number of carbonyl (C=O) groups excluding carboxylic acids is 1. The molecule has 1 aromatic rings. The van der Waals surface area contributed by atoms with E-state index in [1.165, 1.54) is 43.9 Å². The quantitative estimate of drug-likeness (QED) is 0.828. The van der Waals surface area contributed by atoms with E-state index in [0.717, 1.165) is 18.8 Å². The number of nitrogens with two attached hydrogens (primary N) is 1. The van der Waals surface area contributed by atoms with Gasteiger partial charge in [-0.2, -0.15) is 0 Å². The van der Waals surface area contributed by atoms with E-state index in [4.69, 9.17) is 5.73 Å². The summed E-state index contributed by atoms with van der Waals surface area (Å²) in [6.07, 6.45) is 6.96. The molecular weight excluding hydrogens is 255 g/mol. The third-order valence-corrected chi connectivity index (χ3v) is 4.14. The topological polar surface area (TPSA) is 55.1 Å². The molecule has 0 unspecified atom stereocenters. The van der Waals surface area contributed by atoms with Crippen LogP contribution in [0.1, 0.15) is 55.8 Å². The molecule has 0 heterocycles. The van der Waals surface area contributed by atoms with Gasteiger partial charge in [0, 0.05) is 11.6 Å². The van der Waals surface area contributed by atoms with E-state index in [2.05, 4.69) is 12.2 Å². The lowest BCUT2D eigenvalue weighted by molar-refractivity contribution is 0.0921. The van der Waals surface area contributed by atoms with Crippen molar-refractivity contribution < 1.29 is 9.18 Å². The molecular formula is C16H23FN2O. The summed E-state index contributed by atoms with van der Waals surface area (Å²) >= 11 is 0. The second-order valence-corrected chi connectivity index (χ2v) is 5.72. The maximum Gasteiger partial charge on any atom is 0.251 e. The minimum atomic E-state index is -0.485. The lowest BCUT2D eigenvalue weighted by Gasteiger charge is -2.29. The van der Waals surface area contributed by atoms with E-state index in [-0.39, 0.29) is 17.6 Å². The van der Waals surface area contributed by atoms with Gasteiger partial charge in [0.25, 0.3) is 5.91 Å². The molecule has 1 amide bonds. The van der Waals surface area contributed by atoms with E-state index in [1.54, 1.807) is 0 Å². The lowest BCUT2D eigenvalue weighted by atomic mass is 9.83. The monoisotopic (exact) mass is 278 g/mol. The summed E-state index contributed by atoms with van der Waals surface area (Å²) in [5.41, 5.74) is 5.94. The van der Waals surface area contributed by atoms with Gasteiger partial charge in [0.15, 0.2) is 0 Å². The Bertz CT molecular complexity index is 468. The molecule has 20 heavy (non-hydrogen) atoms. The van der Waals surface area contributed by atoms with Gasteiger partial charge in [-0.3, -0.25) is 4.79 Å². The highest BCUT2D eigenvalue weighted by molar-refractivity contribution is 5.95. The van der Waals surface area contributed by atoms with Crippen molar-refractivity contribution in [3.05, 3.63) is 29.6 Å². The highest BCUT2D eigenvalue weighted by Gasteiger charge is 2.22. The number of amides is 1. The van der Waals surface area contributed by atoms with E-state index in [1.807, 2.05) is 0 Å². The standard InChI is InChI=1S/C16H23FN2O/c1-2-3-11-4-7-13(8-5-11)19-16(20)12-6-9-14(17)15(18)10-12/h6,9-11,13H,2-5,7-8,18H2,1H3,(H,19,20). The van der Waals surface area contributed by atoms with Crippen molar-refractivity contribution in [3.8, 4) is 0 Å². The Kier molecular flexibility index (Phi) is 4.99. The minimum absolute atomic E-state index is 0.0179. The van der Waals surface area contributed by atoms with Gasteiger partial charge in [0.05, 0.1) is 5.69 Å². The fraction of sp³-hybridized carbons (Fsp3) is 0.562. The molecule has 0 saturated heterocycles. The van der Waals surface area contributed by atoms with Crippen LogP contribution in [-0.2, 0) is 0 Å². The Hall–Kier alpha value is -1.58. The Labute approximate surface area is 119 Å². The van der Waals surface area contributed by atoms with Gasteiger partial charge in [-0.25, -0.2) is 4.39 Å². The van der Waals surface area contributed by atoms with Crippen molar-refractivity contribution in [3.63, 3.8) is 0 Å². The van der Waals surface area contributed by atoms with Crippen molar-refractivity contribution in [2.75, 3.05) is 5.73 Å². The van der Waals surface area contributed by atoms with Crippen molar-refractivity contribution >= 4 is 11.6 Å². The molecule has 1 fully saturated rings. The predicted molar refractivity (Wildman–Crippen MR) is 78.9 cm³/mol. The number of anilines is 1. The molecule has 1 aliphatic carbocycles. The predicted octanol–water partition coefficient (Wildman–Crippen LogP) is 3.50. The smallest absolute Gasteiger partial charge is 0.251 e. The molecule has 1 aromatic carbocycles. The second kappa shape index (κ2) is 6.73. The molecule has 0 aromatic heterocycles. The van der Waals surface area contributed by atoms with Gasteiger partial charge in [-0.15, -0.1) is 0 Å². The van der Waals surface area contributed by atoms with E-state index in [0.29, 0.717) is 5.56 Å². The zero-order chi connectivity index (χ0) is 14.5. The SMILES string of the molecule is CCCC1CCC(NC(=O)c2ccc(F)c(N)c2)CC1. The fourth-order valence-electron chi connectivity index (χ4n) is 2.96. The first-order valence-corrected chi connectivity index (χ1v) is 7.46. The number of hydrogen-bond donors (Lipinski definition) is 2. The summed E-state index contributed by atoms with van der Waals surface area (Å²) in [6.45, 7) is 2.22. The first kappa shape index (κ1) is 14.8. The van der Waals surface area contributed by atoms with E-state index in [9.17, 15) is 9.18 Å². The number of nitrogens with one attached hydrogen (secondary N) is 1. The van der Waals surface area contributed by atoms with Crippen molar-refractivity contribution in [1.29, 1.82) is 0 Å². The van der Waals surface area contributed by atoms with Crippen molar-refractivity contribution in [1.82, 2.24) is 5.32 Å². The Morgan fingerprint density at radius 1 is 1.35 bits per heavy atom. The van der Waals surface area contributed by atoms with Gasteiger partial charge in [0.1, 0.15) is 5.82 Å². The van der Waals surface area contributed by atoms with Crippen LogP contribution in [0.3, 0.4) is 0 Å². The average molecular weight is 278 g/mol. The molecule has 0 bridgehead atoms. The van der Waals surface area contributed by atoms with Crippen molar-refractivity contribution in [2.45, 2.75) is 51.5 Å². The fourth-order valence-corrected chi connectivity index (χ4v) is 2.96. The number of hydrogen-bond acceptors (Lipinski definition) is 2. The molecule has 0 spiro atoms. The molecule has 0 aliphatic heterocycles. The Morgan fingerprint density at radius 3 is 2.65 bits per heavy atom. The molecule has 110 valence electrons. The van der Waals surface area contributed by atoms with Crippen LogP contribution in [0.25, 0.3) is 0 Å². The summed E-state index contributed by atoms with van der Waals surface area (Å²) in [6, 6.07) is 4.35. The molecule has 1 saturated carbocycles. The number of halogens is 1. The Morgan fingerprint density at radius 2 is 2.05 bits per heavy atom. The highest BCUT2D eigenvalue weighted by atomic mass is 19.1. The average Bonchev–Trinajstić information content (AvgIpc) is 2.44. The van der Waals surface area contributed by atoms with Crippen LogP contribution in [-0.4, -0.2) is 11.9 Å².